The van der Waals surface area contributed by atoms with Crippen LogP contribution in [0.2, 0.25) is 0 Å². The number of anilines is 1. The third kappa shape index (κ3) is 4.67. The standard InChI is InChI=1S/C22H24N2O3S2/c1-29(26,27)17-12-10-16(11-13-17)18(14-15-6-2-3-7-15)21(25)24-22-23-19-8-4-5-9-20(19)28-22/h4-5,8-13,15,18H,2-3,6-7,14H2,1H3,(H,23,24,25). The number of thiazole rings is 1. The molecule has 1 N–H and O–H groups in total. The lowest BCUT2D eigenvalue weighted by atomic mass is 9.87. The number of hydrogen-bond donors (Lipinski definition) is 1. The fourth-order valence-corrected chi connectivity index (χ4v) is 5.54. The van der Waals surface area contributed by atoms with Crippen molar-refractivity contribution in [2.45, 2.75) is 42.9 Å². The predicted octanol–water partition coefficient (Wildman–Crippen LogP) is 5.00. The molecule has 1 aromatic heterocycles. The molecule has 1 fully saturated rings. The first-order chi connectivity index (χ1) is 13.9. The number of rotatable bonds is 6. The Bertz CT molecular complexity index is 1080. The summed E-state index contributed by atoms with van der Waals surface area (Å²) in [5.41, 5.74) is 1.72. The number of hydrogen-bond acceptors (Lipinski definition) is 5. The number of nitrogens with zero attached hydrogens (tertiary/aromatic N) is 1. The molecule has 1 amide bonds. The maximum absolute atomic E-state index is 13.2. The number of aromatic nitrogens is 1. The van der Waals surface area contributed by atoms with Gasteiger partial charge >= 0.3 is 0 Å². The molecule has 0 radical (unpaired) electrons. The lowest BCUT2D eigenvalue weighted by Gasteiger charge is -2.20. The molecule has 1 aliphatic rings. The number of benzene rings is 2. The van der Waals surface area contributed by atoms with E-state index in [-0.39, 0.29) is 16.7 Å². The van der Waals surface area contributed by atoms with Crippen molar-refractivity contribution in [2.75, 3.05) is 11.6 Å². The zero-order valence-corrected chi connectivity index (χ0v) is 17.9. The molecule has 0 bridgehead atoms. The van der Waals surface area contributed by atoms with E-state index in [0.29, 0.717) is 11.0 Å². The summed E-state index contributed by atoms with van der Waals surface area (Å²) in [5, 5.41) is 3.60. The molecule has 1 unspecified atom stereocenters. The van der Waals surface area contributed by atoms with Crippen molar-refractivity contribution in [3.63, 3.8) is 0 Å². The molecule has 4 rings (SSSR count). The van der Waals surface area contributed by atoms with Crippen LogP contribution in [0, 0.1) is 5.92 Å². The van der Waals surface area contributed by atoms with Gasteiger partial charge in [-0.25, -0.2) is 13.4 Å². The SMILES string of the molecule is CS(=O)(=O)c1ccc(C(CC2CCCC2)C(=O)Nc2nc3ccccc3s2)cc1. The van der Waals surface area contributed by atoms with Crippen molar-refractivity contribution < 1.29 is 13.2 Å². The summed E-state index contributed by atoms with van der Waals surface area (Å²) < 4.78 is 24.6. The van der Waals surface area contributed by atoms with E-state index in [1.54, 1.807) is 24.3 Å². The summed E-state index contributed by atoms with van der Waals surface area (Å²) in [5.74, 6) is 0.123. The highest BCUT2D eigenvalue weighted by Crippen LogP contribution is 2.35. The fourth-order valence-electron chi connectivity index (χ4n) is 4.04. The van der Waals surface area contributed by atoms with Gasteiger partial charge in [0.15, 0.2) is 15.0 Å². The smallest absolute Gasteiger partial charge is 0.233 e. The van der Waals surface area contributed by atoms with Crippen molar-refractivity contribution in [3.8, 4) is 0 Å². The van der Waals surface area contributed by atoms with E-state index in [4.69, 9.17) is 0 Å². The van der Waals surface area contributed by atoms with Crippen LogP contribution in [0.1, 0.15) is 43.6 Å². The Morgan fingerprint density at radius 1 is 1.14 bits per heavy atom. The molecule has 1 heterocycles. The van der Waals surface area contributed by atoms with E-state index in [1.807, 2.05) is 24.3 Å². The third-order valence-corrected chi connectivity index (χ3v) is 7.68. The van der Waals surface area contributed by atoms with E-state index in [1.165, 1.54) is 30.4 Å². The maximum atomic E-state index is 13.2. The molecule has 7 heteroatoms. The van der Waals surface area contributed by atoms with Crippen LogP contribution in [0.4, 0.5) is 5.13 Å². The molecular formula is C22H24N2O3S2. The van der Waals surface area contributed by atoms with Crippen LogP contribution < -0.4 is 5.32 Å². The average Bonchev–Trinajstić information content (AvgIpc) is 3.34. The molecule has 0 aliphatic heterocycles. The zero-order chi connectivity index (χ0) is 20.4. The first-order valence-electron chi connectivity index (χ1n) is 9.86. The predicted molar refractivity (Wildman–Crippen MR) is 117 cm³/mol. The Hall–Kier alpha value is -2.25. The molecule has 0 saturated heterocycles. The third-order valence-electron chi connectivity index (χ3n) is 5.59. The van der Waals surface area contributed by atoms with Crippen LogP contribution in [-0.2, 0) is 14.6 Å². The van der Waals surface area contributed by atoms with Gasteiger partial charge < -0.3 is 5.32 Å². The average molecular weight is 429 g/mol. The van der Waals surface area contributed by atoms with Crippen molar-refractivity contribution in [1.82, 2.24) is 4.98 Å². The minimum Gasteiger partial charge on any atom is -0.301 e. The van der Waals surface area contributed by atoms with Crippen molar-refractivity contribution in [2.24, 2.45) is 5.92 Å². The van der Waals surface area contributed by atoms with Crippen LogP contribution >= 0.6 is 11.3 Å². The normalized spacial score (nSPS) is 16.2. The van der Waals surface area contributed by atoms with E-state index in [0.717, 1.165) is 35.0 Å². The number of sulfone groups is 1. The molecule has 0 spiro atoms. The van der Waals surface area contributed by atoms with Gasteiger partial charge in [-0.05, 0) is 42.2 Å². The van der Waals surface area contributed by atoms with Gasteiger partial charge in [0.25, 0.3) is 0 Å². The molecule has 1 atom stereocenters. The van der Waals surface area contributed by atoms with Gasteiger partial charge in [0.05, 0.1) is 21.0 Å². The topological polar surface area (TPSA) is 76.1 Å². The van der Waals surface area contributed by atoms with Crippen LogP contribution in [0.25, 0.3) is 10.2 Å². The fraction of sp³-hybridized carbons (Fsp3) is 0.364. The van der Waals surface area contributed by atoms with E-state index >= 15 is 0 Å². The summed E-state index contributed by atoms with van der Waals surface area (Å²) >= 11 is 1.46. The van der Waals surface area contributed by atoms with E-state index in [2.05, 4.69) is 10.3 Å². The largest absolute Gasteiger partial charge is 0.301 e. The van der Waals surface area contributed by atoms with Gasteiger partial charge in [-0.2, -0.15) is 0 Å². The number of carbonyl (C=O) groups is 1. The first kappa shape index (κ1) is 20.0. The van der Waals surface area contributed by atoms with Gasteiger partial charge in [-0.3, -0.25) is 4.79 Å². The van der Waals surface area contributed by atoms with Gasteiger partial charge in [-0.15, -0.1) is 0 Å². The molecule has 29 heavy (non-hydrogen) atoms. The van der Waals surface area contributed by atoms with Crippen LogP contribution in [0.5, 0.6) is 0 Å². The van der Waals surface area contributed by atoms with Crippen LogP contribution in [0.3, 0.4) is 0 Å². The molecule has 1 saturated carbocycles. The van der Waals surface area contributed by atoms with E-state index < -0.39 is 9.84 Å². The minimum absolute atomic E-state index is 0.0805. The van der Waals surface area contributed by atoms with Gasteiger partial charge in [0.2, 0.25) is 5.91 Å². The van der Waals surface area contributed by atoms with Gasteiger partial charge in [0, 0.05) is 6.26 Å². The first-order valence-corrected chi connectivity index (χ1v) is 12.6. The zero-order valence-electron chi connectivity index (χ0n) is 16.3. The Kier molecular flexibility index (Phi) is 5.69. The van der Waals surface area contributed by atoms with Crippen LogP contribution in [-0.4, -0.2) is 25.6 Å². The maximum Gasteiger partial charge on any atom is 0.233 e. The molecule has 5 nitrogen and oxygen atoms in total. The summed E-state index contributed by atoms with van der Waals surface area (Å²) in [6.45, 7) is 0. The molecular weight excluding hydrogens is 404 g/mol. The van der Waals surface area contributed by atoms with Crippen molar-refractivity contribution in [1.29, 1.82) is 0 Å². The monoisotopic (exact) mass is 428 g/mol. The van der Waals surface area contributed by atoms with Crippen molar-refractivity contribution in [3.05, 3.63) is 54.1 Å². The quantitative estimate of drug-likeness (QED) is 0.599. The summed E-state index contributed by atoms with van der Waals surface area (Å²) in [6.07, 6.45) is 6.68. The highest BCUT2D eigenvalue weighted by Gasteiger charge is 2.27. The number of para-hydroxylation sites is 1. The number of fused-ring (bicyclic) bond motifs is 1. The Labute approximate surface area is 175 Å². The number of amides is 1. The second kappa shape index (κ2) is 8.24. The minimum atomic E-state index is -3.26. The van der Waals surface area contributed by atoms with Crippen LogP contribution in [0.15, 0.2) is 53.4 Å². The summed E-state index contributed by atoms with van der Waals surface area (Å²) in [6, 6.07) is 14.5. The second-order valence-electron chi connectivity index (χ2n) is 7.76. The van der Waals surface area contributed by atoms with Gasteiger partial charge in [-0.1, -0.05) is 61.3 Å². The molecule has 2 aromatic carbocycles. The second-order valence-corrected chi connectivity index (χ2v) is 10.8. The molecule has 152 valence electrons. The molecule has 3 aromatic rings. The lowest BCUT2D eigenvalue weighted by molar-refractivity contribution is -0.118. The summed E-state index contributed by atoms with van der Waals surface area (Å²) in [4.78, 5) is 18.0. The van der Waals surface area contributed by atoms with E-state index in [9.17, 15) is 13.2 Å². The highest BCUT2D eigenvalue weighted by atomic mass is 32.2. The highest BCUT2D eigenvalue weighted by molar-refractivity contribution is 7.90. The number of nitrogens with one attached hydrogen (secondary N) is 1. The Morgan fingerprint density at radius 2 is 1.83 bits per heavy atom. The Morgan fingerprint density at radius 3 is 2.48 bits per heavy atom. The summed E-state index contributed by atoms with van der Waals surface area (Å²) in [7, 11) is -3.26. The Balaban J connectivity index is 1.59. The lowest BCUT2D eigenvalue weighted by Crippen LogP contribution is -2.23. The molecule has 1 aliphatic carbocycles. The number of carbonyl (C=O) groups excluding carboxylic acids is 1. The van der Waals surface area contributed by atoms with Crippen molar-refractivity contribution >= 4 is 42.4 Å². The van der Waals surface area contributed by atoms with Gasteiger partial charge in [0.1, 0.15) is 0 Å².